The van der Waals surface area contributed by atoms with E-state index in [1.54, 1.807) is 19.9 Å². The van der Waals surface area contributed by atoms with Crippen LogP contribution in [0.2, 0.25) is 0 Å². The molecule has 0 bridgehead atoms. The zero-order valence-corrected chi connectivity index (χ0v) is 13.7. The van der Waals surface area contributed by atoms with Crippen LogP contribution in [0, 0.1) is 5.92 Å². The molecule has 0 aliphatic heterocycles. The smallest absolute Gasteiger partial charge is 0.416 e. The molecule has 0 heterocycles. The SMILES string of the molecule is CCOC(=O)C(CCCc1cccc(C(F)(F)F)c1)C(=O)OCC. The van der Waals surface area contributed by atoms with Crippen molar-refractivity contribution in [1.29, 1.82) is 0 Å². The van der Waals surface area contributed by atoms with Gasteiger partial charge in [0.05, 0.1) is 18.8 Å². The summed E-state index contributed by atoms with van der Waals surface area (Å²) in [6.07, 6.45) is -3.55. The zero-order chi connectivity index (χ0) is 18.2. The third-order valence-electron chi connectivity index (χ3n) is 3.35. The van der Waals surface area contributed by atoms with Gasteiger partial charge in [0.15, 0.2) is 5.92 Å². The molecule has 0 unspecified atom stereocenters. The van der Waals surface area contributed by atoms with Crippen molar-refractivity contribution in [2.75, 3.05) is 13.2 Å². The zero-order valence-electron chi connectivity index (χ0n) is 13.7. The number of halogens is 3. The van der Waals surface area contributed by atoms with Gasteiger partial charge < -0.3 is 9.47 Å². The molecule has 4 nitrogen and oxygen atoms in total. The van der Waals surface area contributed by atoms with Gasteiger partial charge in [-0.2, -0.15) is 13.2 Å². The Morgan fingerprint density at radius 2 is 1.67 bits per heavy atom. The second-order valence-electron chi connectivity index (χ2n) is 5.15. The summed E-state index contributed by atoms with van der Waals surface area (Å²) in [7, 11) is 0. The summed E-state index contributed by atoms with van der Waals surface area (Å²) in [5.74, 6) is -2.38. The normalized spacial score (nSPS) is 11.4. The van der Waals surface area contributed by atoms with Crippen LogP contribution in [0.15, 0.2) is 24.3 Å². The van der Waals surface area contributed by atoms with Gasteiger partial charge in [0.1, 0.15) is 0 Å². The molecule has 0 aliphatic rings. The van der Waals surface area contributed by atoms with Gasteiger partial charge in [-0.05, 0) is 44.7 Å². The first-order valence-corrected chi connectivity index (χ1v) is 7.79. The Bertz CT molecular complexity index is 537. The number of carbonyl (C=O) groups excluding carboxylic acids is 2. The maximum absolute atomic E-state index is 12.7. The van der Waals surface area contributed by atoms with Crippen LogP contribution in [-0.2, 0) is 31.7 Å². The first-order chi connectivity index (χ1) is 11.3. The van der Waals surface area contributed by atoms with E-state index in [2.05, 4.69) is 0 Å². The number of aryl methyl sites for hydroxylation is 1. The van der Waals surface area contributed by atoms with Crippen LogP contribution in [0.4, 0.5) is 13.2 Å². The molecule has 0 radical (unpaired) electrons. The van der Waals surface area contributed by atoms with Crippen LogP contribution in [0.3, 0.4) is 0 Å². The predicted octanol–water partition coefficient (Wildman–Crippen LogP) is 3.77. The van der Waals surface area contributed by atoms with Crippen molar-refractivity contribution in [1.82, 2.24) is 0 Å². The van der Waals surface area contributed by atoms with Crippen LogP contribution in [0.1, 0.15) is 37.8 Å². The summed E-state index contributed by atoms with van der Waals surface area (Å²) in [6, 6.07) is 5.00. The molecular weight excluding hydrogens is 325 g/mol. The Balaban J connectivity index is 2.67. The second kappa shape index (κ2) is 9.30. The van der Waals surface area contributed by atoms with Crippen molar-refractivity contribution in [3.05, 3.63) is 35.4 Å². The van der Waals surface area contributed by atoms with Crippen molar-refractivity contribution in [2.45, 2.75) is 39.3 Å². The Morgan fingerprint density at radius 1 is 1.08 bits per heavy atom. The Kier molecular flexibility index (Phi) is 7.74. The van der Waals surface area contributed by atoms with E-state index in [1.165, 1.54) is 6.07 Å². The second-order valence-corrected chi connectivity index (χ2v) is 5.15. The number of benzene rings is 1. The average molecular weight is 346 g/mol. The van der Waals surface area contributed by atoms with Crippen molar-refractivity contribution in [2.24, 2.45) is 5.92 Å². The minimum Gasteiger partial charge on any atom is -0.465 e. The number of carbonyl (C=O) groups is 2. The van der Waals surface area contributed by atoms with Gasteiger partial charge >= 0.3 is 18.1 Å². The molecule has 0 aliphatic carbocycles. The number of ether oxygens (including phenoxy) is 2. The molecule has 1 aromatic carbocycles. The lowest BCUT2D eigenvalue weighted by Crippen LogP contribution is -2.28. The number of alkyl halides is 3. The van der Waals surface area contributed by atoms with Crippen molar-refractivity contribution >= 4 is 11.9 Å². The molecule has 0 spiro atoms. The van der Waals surface area contributed by atoms with Gasteiger partial charge in [0.25, 0.3) is 0 Å². The fourth-order valence-electron chi connectivity index (χ4n) is 2.23. The lowest BCUT2D eigenvalue weighted by Gasteiger charge is -2.14. The first kappa shape index (κ1) is 20.0. The summed E-state index contributed by atoms with van der Waals surface area (Å²) >= 11 is 0. The van der Waals surface area contributed by atoms with Crippen LogP contribution in [0.5, 0.6) is 0 Å². The lowest BCUT2D eigenvalue weighted by atomic mass is 9.98. The summed E-state index contributed by atoms with van der Waals surface area (Å²) in [4.78, 5) is 23.6. The maximum Gasteiger partial charge on any atom is 0.416 e. The van der Waals surface area contributed by atoms with Crippen molar-refractivity contribution < 1.29 is 32.2 Å². The molecule has 7 heteroatoms. The molecule has 0 N–H and O–H groups in total. The number of hydrogen-bond donors (Lipinski definition) is 0. The van der Waals surface area contributed by atoms with E-state index >= 15 is 0 Å². The standard InChI is InChI=1S/C17H21F3O4/c1-3-23-15(21)14(16(22)24-4-2)10-6-8-12-7-5-9-13(11-12)17(18,19)20/h5,7,9,11,14H,3-4,6,8,10H2,1-2H3. The maximum atomic E-state index is 12.7. The number of rotatable bonds is 8. The Labute approximate surface area is 138 Å². The van der Waals surface area contributed by atoms with Gasteiger partial charge in [-0.3, -0.25) is 9.59 Å². The van der Waals surface area contributed by atoms with E-state index in [9.17, 15) is 22.8 Å². The van der Waals surface area contributed by atoms with E-state index in [-0.39, 0.29) is 19.6 Å². The van der Waals surface area contributed by atoms with E-state index in [1.807, 2.05) is 0 Å². The number of esters is 2. The monoisotopic (exact) mass is 346 g/mol. The molecule has 0 fully saturated rings. The Morgan fingerprint density at radius 3 is 2.17 bits per heavy atom. The predicted molar refractivity (Wildman–Crippen MR) is 81.1 cm³/mol. The Hall–Kier alpha value is -2.05. The van der Waals surface area contributed by atoms with Gasteiger partial charge in [-0.15, -0.1) is 0 Å². The molecule has 134 valence electrons. The average Bonchev–Trinajstić information content (AvgIpc) is 2.51. The van der Waals surface area contributed by atoms with Crippen LogP contribution < -0.4 is 0 Å². The summed E-state index contributed by atoms with van der Waals surface area (Å²) < 4.78 is 47.7. The molecular formula is C17H21F3O4. The van der Waals surface area contributed by atoms with Crippen LogP contribution in [0.25, 0.3) is 0 Å². The summed E-state index contributed by atoms with van der Waals surface area (Å²) in [6.45, 7) is 3.54. The highest BCUT2D eigenvalue weighted by molar-refractivity contribution is 5.94. The highest BCUT2D eigenvalue weighted by Gasteiger charge is 2.31. The highest BCUT2D eigenvalue weighted by Crippen LogP contribution is 2.30. The largest absolute Gasteiger partial charge is 0.465 e. The summed E-state index contributed by atoms with van der Waals surface area (Å²) in [5.41, 5.74) is -0.219. The third kappa shape index (κ3) is 6.22. The van der Waals surface area contributed by atoms with E-state index in [0.29, 0.717) is 18.4 Å². The molecule has 0 saturated carbocycles. The fourth-order valence-corrected chi connectivity index (χ4v) is 2.23. The van der Waals surface area contributed by atoms with Crippen LogP contribution in [-0.4, -0.2) is 25.2 Å². The van der Waals surface area contributed by atoms with Crippen molar-refractivity contribution in [3.63, 3.8) is 0 Å². The van der Waals surface area contributed by atoms with Gasteiger partial charge in [0.2, 0.25) is 0 Å². The highest BCUT2D eigenvalue weighted by atomic mass is 19.4. The molecule has 0 aromatic heterocycles. The molecule has 1 aromatic rings. The topological polar surface area (TPSA) is 52.6 Å². The van der Waals surface area contributed by atoms with E-state index in [4.69, 9.17) is 9.47 Å². The summed E-state index contributed by atoms with van der Waals surface area (Å²) in [5, 5.41) is 0. The lowest BCUT2D eigenvalue weighted by molar-refractivity contribution is -0.162. The molecule has 1 rings (SSSR count). The molecule has 0 amide bonds. The van der Waals surface area contributed by atoms with Crippen LogP contribution >= 0.6 is 0 Å². The van der Waals surface area contributed by atoms with Gasteiger partial charge in [-0.1, -0.05) is 18.2 Å². The van der Waals surface area contributed by atoms with E-state index < -0.39 is 29.6 Å². The van der Waals surface area contributed by atoms with Gasteiger partial charge in [-0.25, -0.2) is 0 Å². The molecule has 24 heavy (non-hydrogen) atoms. The molecule has 0 atom stereocenters. The van der Waals surface area contributed by atoms with E-state index in [0.717, 1.165) is 12.1 Å². The minimum absolute atomic E-state index is 0.141. The first-order valence-electron chi connectivity index (χ1n) is 7.79. The number of hydrogen-bond acceptors (Lipinski definition) is 4. The molecule has 0 saturated heterocycles. The van der Waals surface area contributed by atoms with Gasteiger partial charge in [0, 0.05) is 0 Å². The third-order valence-corrected chi connectivity index (χ3v) is 3.35. The fraction of sp³-hybridized carbons (Fsp3) is 0.529. The minimum atomic E-state index is -4.39. The quantitative estimate of drug-likeness (QED) is 0.531. The van der Waals surface area contributed by atoms with Crippen molar-refractivity contribution in [3.8, 4) is 0 Å².